The molecule has 0 spiro atoms. The topological polar surface area (TPSA) is 80.5 Å². The van der Waals surface area contributed by atoms with Gasteiger partial charge in [-0.3, -0.25) is 4.79 Å². The first-order chi connectivity index (χ1) is 13.8. The zero-order chi connectivity index (χ0) is 21.2. The lowest BCUT2D eigenvalue weighted by Gasteiger charge is -2.28. The molecule has 2 aromatic rings. The molecule has 1 aliphatic carbocycles. The standard InChI is InChI=1S/C22H27FN2O3S/c1-3-15-8-7-9-16(14-15)20-18(22(24)26)12-13-19(23)21(20)29(27,28)25(4-2)17-10-5-6-11-17/h7-9,12-14,17H,3-6,10-11H2,1-2H3,(H2,24,26). The van der Waals surface area contributed by atoms with Gasteiger partial charge in [-0.15, -0.1) is 0 Å². The highest BCUT2D eigenvalue weighted by atomic mass is 32.2. The summed E-state index contributed by atoms with van der Waals surface area (Å²) in [7, 11) is -4.17. The van der Waals surface area contributed by atoms with Crippen LogP contribution in [0.2, 0.25) is 0 Å². The van der Waals surface area contributed by atoms with Gasteiger partial charge in [-0.05, 0) is 42.5 Å². The number of benzene rings is 2. The minimum Gasteiger partial charge on any atom is -0.366 e. The number of rotatable bonds is 7. The van der Waals surface area contributed by atoms with Crippen LogP contribution in [0.25, 0.3) is 11.1 Å². The van der Waals surface area contributed by atoms with Gasteiger partial charge in [0.15, 0.2) is 0 Å². The summed E-state index contributed by atoms with van der Waals surface area (Å²) in [5, 5.41) is 0. The van der Waals surface area contributed by atoms with E-state index in [1.807, 2.05) is 13.0 Å². The number of sulfonamides is 1. The summed E-state index contributed by atoms with van der Waals surface area (Å²) in [6.07, 6.45) is 4.13. The predicted octanol–water partition coefficient (Wildman–Crippen LogP) is 4.11. The van der Waals surface area contributed by atoms with E-state index in [4.69, 9.17) is 5.73 Å². The number of hydrogen-bond acceptors (Lipinski definition) is 3. The van der Waals surface area contributed by atoms with E-state index in [9.17, 15) is 13.2 Å². The van der Waals surface area contributed by atoms with E-state index in [0.29, 0.717) is 5.56 Å². The van der Waals surface area contributed by atoms with Crippen LogP contribution in [0.15, 0.2) is 41.3 Å². The van der Waals surface area contributed by atoms with E-state index in [2.05, 4.69) is 0 Å². The summed E-state index contributed by atoms with van der Waals surface area (Å²) in [4.78, 5) is 11.7. The lowest BCUT2D eigenvalue weighted by Crippen LogP contribution is -2.39. The van der Waals surface area contributed by atoms with Crippen LogP contribution in [0.4, 0.5) is 4.39 Å². The first-order valence-electron chi connectivity index (χ1n) is 10.0. The smallest absolute Gasteiger partial charge is 0.249 e. The average molecular weight is 419 g/mol. The van der Waals surface area contributed by atoms with Crippen molar-refractivity contribution in [3.05, 3.63) is 53.3 Å². The number of carbonyl (C=O) groups excluding carboxylic acids is 1. The lowest BCUT2D eigenvalue weighted by molar-refractivity contribution is 0.100. The molecule has 7 heteroatoms. The average Bonchev–Trinajstić information content (AvgIpc) is 3.21. The Kier molecular flexibility index (Phi) is 6.39. The number of nitrogens with two attached hydrogens (primary N) is 1. The van der Waals surface area contributed by atoms with Crippen LogP contribution in [0.3, 0.4) is 0 Å². The highest BCUT2D eigenvalue weighted by Crippen LogP contribution is 2.37. The van der Waals surface area contributed by atoms with Crippen LogP contribution in [-0.4, -0.2) is 31.2 Å². The van der Waals surface area contributed by atoms with Crippen molar-refractivity contribution in [3.8, 4) is 11.1 Å². The van der Waals surface area contributed by atoms with Gasteiger partial charge < -0.3 is 5.73 Å². The molecule has 0 radical (unpaired) electrons. The van der Waals surface area contributed by atoms with Crippen LogP contribution < -0.4 is 5.73 Å². The molecule has 1 saturated carbocycles. The van der Waals surface area contributed by atoms with Gasteiger partial charge in [-0.1, -0.05) is 51.0 Å². The number of halogens is 1. The molecule has 0 saturated heterocycles. The third-order valence-corrected chi connectivity index (χ3v) is 7.70. The number of amides is 1. The Balaban J connectivity index is 2.30. The van der Waals surface area contributed by atoms with Gasteiger partial charge in [0.1, 0.15) is 10.7 Å². The van der Waals surface area contributed by atoms with Crippen LogP contribution in [0.1, 0.15) is 55.5 Å². The lowest BCUT2D eigenvalue weighted by atomic mass is 9.97. The molecule has 29 heavy (non-hydrogen) atoms. The van der Waals surface area contributed by atoms with Crippen molar-refractivity contribution in [2.45, 2.75) is 56.9 Å². The Labute approximate surface area is 171 Å². The van der Waals surface area contributed by atoms with E-state index < -0.39 is 26.6 Å². The first-order valence-corrected chi connectivity index (χ1v) is 11.5. The first kappa shape index (κ1) is 21.5. The van der Waals surface area contributed by atoms with Crippen molar-refractivity contribution < 1.29 is 17.6 Å². The van der Waals surface area contributed by atoms with Gasteiger partial charge >= 0.3 is 0 Å². The molecule has 0 bridgehead atoms. The summed E-state index contributed by atoms with van der Waals surface area (Å²) < 4.78 is 43.7. The Morgan fingerprint density at radius 1 is 1.17 bits per heavy atom. The molecular formula is C22H27FN2O3S. The minimum atomic E-state index is -4.17. The molecular weight excluding hydrogens is 391 g/mol. The third-order valence-electron chi connectivity index (χ3n) is 5.61. The largest absolute Gasteiger partial charge is 0.366 e. The number of carbonyl (C=O) groups is 1. The molecule has 2 aromatic carbocycles. The molecule has 5 nitrogen and oxygen atoms in total. The van der Waals surface area contributed by atoms with E-state index in [1.54, 1.807) is 25.1 Å². The second-order valence-electron chi connectivity index (χ2n) is 7.36. The molecule has 0 heterocycles. The maximum atomic E-state index is 15.1. The van der Waals surface area contributed by atoms with Crippen molar-refractivity contribution in [1.82, 2.24) is 4.31 Å². The highest BCUT2D eigenvalue weighted by molar-refractivity contribution is 7.89. The van der Waals surface area contributed by atoms with Crippen LogP contribution in [0.5, 0.6) is 0 Å². The molecule has 3 rings (SSSR count). The quantitative estimate of drug-likeness (QED) is 0.735. The third kappa shape index (κ3) is 4.07. The Morgan fingerprint density at radius 2 is 1.86 bits per heavy atom. The maximum Gasteiger partial charge on any atom is 0.249 e. The second kappa shape index (κ2) is 8.63. The van der Waals surface area contributed by atoms with E-state index in [0.717, 1.165) is 43.7 Å². The van der Waals surface area contributed by atoms with Crippen LogP contribution in [-0.2, 0) is 16.4 Å². The van der Waals surface area contributed by atoms with E-state index in [1.165, 1.54) is 10.4 Å². The molecule has 156 valence electrons. The van der Waals surface area contributed by atoms with Crippen molar-refractivity contribution in [2.24, 2.45) is 5.73 Å². The second-order valence-corrected chi connectivity index (χ2v) is 9.19. The Bertz CT molecular complexity index is 1010. The van der Waals surface area contributed by atoms with Gasteiger partial charge in [0, 0.05) is 23.7 Å². The molecule has 0 atom stereocenters. The fourth-order valence-corrected chi connectivity index (χ4v) is 6.16. The van der Waals surface area contributed by atoms with Crippen molar-refractivity contribution in [1.29, 1.82) is 0 Å². The van der Waals surface area contributed by atoms with E-state index in [-0.39, 0.29) is 23.7 Å². The van der Waals surface area contributed by atoms with Crippen molar-refractivity contribution in [3.63, 3.8) is 0 Å². The number of aryl methyl sites for hydroxylation is 1. The van der Waals surface area contributed by atoms with Gasteiger partial charge in [-0.2, -0.15) is 4.31 Å². The number of primary amides is 1. The van der Waals surface area contributed by atoms with Crippen LogP contribution in [0, 0.1) is 5.82 Å². The zero-order valence-corrected chi connectivity index (χ0v) is 17.6. The van der Waals surface area contributed by atoms with Gasteiger partial charge in [0.25, 0.3) is 0 Å². The van der Waals surface area contributed by atoms with Gasteiger partial charge in [-0.25, -0.2) is 12.8 Å². The summed E-state index contributed by atoms with van der Waals surface area (Å²) in [6, 6.07) is 9.26. The van der Waals surface area contributed by atoms with E-state index >= 15 is 4.39 Å². The molecule has 0 aliphatic heterocycles. The fourth-order valence-electron chi connectivity index (χ4n) is 4.18. The Hall–Kier alpha value is -2.25. The minimum absolute atomic E-state index is 0.000651. The van der Waals surface area contributed by atoms with Crippen molar-refractivity contribution >= 4 is 15.9 Å². The zero-order valence-electron chi connectivity index (χ0n) is 16.8. The summed E-state index contributed by atoms with van der Waals surface area (Å²) in [5.41, 5.74) is 7.02. The predicted molar refractivity (Wildman–Crippen MR) is 112 cm³/mol. The number of hydrogen-bond donors (Lipinski definition) is 1. The number of nitrogens with zero attached hydrogens (tertiary/aromatic N) is 1. The SMILES string of the molecule is CCc1cccc(-c2c(C(N)=O)ccc(F)c2S(=O)(=O)N(CC)C2CCCC2)c1. The maximum absolute atomic E-state index is 15.1. The summed E-state index contributed by atoms with van der Waals surface area (Å²) in [5.74, 6) is -1.66. The van der Waals surface area contributed by atoms with Crippen molar-refractivity contribution in [2.75, 3.05) is 6.54 Å². The van der Waals surface area contributed by atoms with Gasteiger partial charge in [0.2, 0.25) is 15.9 Å². The fraction of sp³-hybridized carbons (Fsp3) is 0.409. The molecule has 0 unspecified atom stereocenters. The molecule has 1 aliphatic rings. The highest BCUT2D eigenvalue weighted by Gasteiger charge is 2.37. The molecule has 1 amide bonds. The molecule has 1 fully saturated rings. The monoisotopic (exact) mass is 418 g/mol. The normalized spacial score (nSPS) is 15.2. The van der Waals surface area contributed by atoms with Crippen LogP contribution >= 0.6 is 0 Å². The molecule has 2 N–H and O–H groups in total. The summed E-state index contributed by atoms with van der Waals surface area (Å²) >= 11 is 0. The van der Waals surface area contributed by atoms with Gasteiger partial charge in [0.05, 0.1) is 0 Å². The molecule has 0 aromatic heterocycles. The Morgan fingerprint density at radius 3 is 2.45 bits per heavy atom. The summed E-state index contributed by atoms with van der Waals surface area (Å²) in [6.45, 7) is 3.96.